The first-order valence-corrected chi connectivity index (χ1v) is 6.92. The molecule has 0 aromatic heterocycles. The van der Waals surface area contributed by atoms with E-state index in [4.69, 9.17) is 0 Å². The lowest BCUT2D eigenvalue weighted by Gasteiger charge is -2.54. The SMILES string of the molecule is CC1=C(C)C(C)(C)C2C(=O)CCCC2C1(C)C. The minimum absolute atomic E-state index is 0.0573. The lowest BCUT2D eigenvalue weighted by Crippen LogP contribution is -2.50. The third-order valence-corrected chi connectivity index (χ3v) is 5.89. The van der Waals surface area contributed by atoms with Crippen molar-refractivity contribution in [3.05, 3.63) is 11.1 Å². The van der Waals surface area contributed by atoms with E-state index in [1.807, 2.05) is 0 Å². The van der Waals surface area contributed by atoms with Crippen molar-refractivity contribution in [1.29, 1.82) is 0 Å². The van der Waals surface area contributed by atoms with Gasteiger partial charge in [0.25, 0.3) is 0 Å². The summed E-state index contributed by atoms with van der Waals surface area (Å²) in [6.45, 7) is 13.7. The fourth-order valence-corrected chi connectivity index (χ4v) is 4.20. The summed E-state index contributed by atoms with van der Waals surface area (Å²) in [5.41, 5.74) is 3.21. The Bertz CT molecular complexity index is 384. The second kappa shape index (κ2) is 3.70. The van der Waals surface area contributed by atoms with E-state index < -0.39 is 0 Å². The number of hydrogen-bond donors (Lipinski definition) is 0. The molecule has 1 heteroatoms. The zero-order valence-corrected chi connectivity index (χ0v) is 12.2. The molecular weight excluding hydrogens is 208 g/mol. The van der Waals surface area contributed by atoms with Crippen LogP contribution >= 0.6 is 0 Å². The van der Waals surface area contributed by atoms with Crippen LogP contribution in [0.2, 0.25) is 0 Å². The molecule has 0 bridgehead atoms. The summed E-state index contributed by atoms with van der Waals surface area (Å²) in [5.74, 6) is 1.29. The van der Waals surface area contributed by atoms with Crippen LogP contribution in [0.3, 0.4) is 0 Å². The summed E-state index contributed by atoms with van der Waals surface area (Å²) in [6.07, 6.45) is 3.11. The van der Waals surface area contributed by atoms with E-state index in [1.54, 1.807) is 0 Å². The number of carbonyl (C=O) groups is 1. The monoisotopic (exact) mass is 234 g/mol. The van der Waals surface area contributed by atoms with Crippen LogP contribution in [0, 0.1) is 22.7 Å². The van der Waals surface area contributed by atoms with Crippen LogP contribution in [0.4, 0.5) is 0 Å². The molecule has 1 nitrogen and oxygen atoms in total. The standard InChI is InChI=1S/C16H26O/c1-10-11(2)16(5,6)14-12(15(10,3)4)8-7-9-13(14)17/h12,14H,7-9H2,1-6H3. The Morgan fingerprint density at radius 2 is 1.53 bits per heavy atom. The molecule has 0 heterocycles. The van der Waals surface area contributed by atoms with Crippen molar-refractivity contribution in [2.24, 2.45) is 22.7 Å². The fourth-order valence-electron chi connectivity index (χ4n) is 4.20. The average Bonchev–Trinajstić information content (AvgIpc) is 2.24. The molecule has 0 aliphatic heterocycles. The van der Waals surface area contributed by atoms with E-state index in [9.17, 15) is 4.79 Å². The van der Waals surface area contributed by atoms with Gasteiger partial charge >= 0.3 is 0 Å². The van der Waals surface area contributed by atoms with Gasteiger partial charge in [0, 0.05) is 12.3 Å². The molecule has 1 saturated carbocycles. The smallest absolute Gasteiger partial charge is 0.137 e. The van der Waals surface area contributed by atoms with Gasteiger partial charge in [0.15, 0.2) is 0 Å². The lowest BCUT2D eigenvalue weighted by molar-refractivity contribution is -0.134. The van der Waals surface area contributed by atoms with Crippen molar-refractivity contribution in [2.75, 3.05) is 0 Å². The Hall–Kier alpha value is -0.590. The Balaban J connectivity index is 2.59. The van der Waals surface area contributed by atoms with Crippen molar-refractivity contribution in [3.63, 3.8) is 0 Å². The molecule has 0 spiro atoms. The maximum absolute atomic E-state index is 12.4. The van der Waals surface area contributed by atoms with E-state index in [-0.39, 0.29) is 16.7 Å². The molecule has 17 heavy (non-hydrogen) atoms. The molecule has 0 saturated heterocycles. The highest BCUT2D eigenvalue weighted by atomic mass is 16.1. The van der Waals surface area contributed by atoms with E-state index in [0.29, 0.717) is 11.7 Å². The van der Waals surface area contributed by atoms with Crippen molar-refractivity contribution in [1.82, 2.24) is 0 Å². The summed E-state index contributed by atoms with van der Waals surface area (Å²) in [5, 5.41) is 0. The maximum atomic E-state index is 12.4. The molecule has 0 amide bonds. The molecule has 0 aromatic rings. The summed E-state index contributed by atoms with van der Waals surface area (Å²) >= 11 is 0. The molecule has 2 atom stereocenters. The van der Waals surface area contributed by atoms with Gasteiger partial charge in [-0.05, 0) is 43.4 Å². The zero-order valence-electron chi connectivity index (χ0n) is 12.2. The van der Waals surface area contributed by atoms with Crippen LogP contribution in [0.1, 0.15) is 60.8 Å². The first-order valence-electron chi connectivity index (χ1n) is 6.92. The Kier molecular flexibility index (Phi) is 2.80. The molecule has 2 aliphatic rings. The Morgan fingerprint density at radius 1 is 1.00 bits per heavy atom. The summed E-state index contributed by atoms with van der Waals surface area (Å²) in [7, 11) is 0. The van der Waals surface area contributed by atoms with Gasteiger partial charge in [-0.15, -0.1) is 0 Å². The molecule has 0 aromatic carbocycles. The molecule has 2 aliphatic carbocycles. The second-order valence-corrected chi connectivity index (χ2v) is 7.14. The van der Waals surface area contributed by atoms with Gasteiger partial charge in [-0.2, -0.15) is 0 Å². The van der Waals surface area contributed by atoms with Gasteiger partial charge in [0.2, 0.25) is 0 Å². The van der Waals surface area contributed by atoms with Crippen molar-refractivity contribution in [2.45, 2.75) is 60.8 Å². The van der Waals surface area contributed by atoms with E-state index >= 15 is 0 Å². The van der Waals surface area contributed by atoms with Crippen LogP contribution in [-0.4, -0.2) is 5.78 Å². The van der Waals surface area contributed by atoms with Crippen LogP contribution in [0.15, 0.2) is 11.1 Å². The van der Waals surface area contributed by atoms with Crippen LogP contribution in [0.5, 0.6) is 0 Å². The quantitative estimate of drug-likeness (QED) is 0.569. The fraction of sp³-hybridized carbons (Fsp3) is 0.812. The summed E-state index contributed by atoms with van der Waals surface area (Å²) < 4.78 is 0. The number of ketones is 1. The van der Waals surface area contributed by atoms with E-state index in [1.165, 1.54) is 17.6 Å². The highest BCUT2D eigenvalue weighted by Crippen LogP contribution is 2.58. The lowest BCUT2D eigenvalue weighted by atomic mass is 9.49. The highest BCUT2D eigenvalue weighted by Gasteiger charge is 2.53. The predicted molar refractivity (Wildman–Crippen MR) is 71.8 cm³/mol. The largest absolute Gasteiger partial charge is 0.299 e. The first kappa shape index (κ1) is 12.9. The number of hydrogen-bond acceptors (Lipinski definition) is 1. The van der Waals surface area contributed by atoms with Crippen molar-refractivity contribution < 1.29 is 4.79 Å². The number of carbonyl (C=O) groups excluding carboxylic acids is 1. The van der Waals surface area contributed by atoms with Crippen LogP contribution in [0.25, 0.3) is 0 Å². The number of Topliss-reactive ketones (excluding diaryl/α,β-unsaturated/α-hetero) is 1. The zero-order chi connectivity index (χ0) is 13.0. The molecule has 1 fully saturated rings. The van der Waals surface area contributed by atoms with E-state index in [0.717, 1.165) is 12.8 Å². The number of fused-ring (bicyclic) bond motifs is 1. The summed E-state index contributed by atoms with van der Waals surface area (Å²) in [4.78, 5) is 12.4. The minimum Gasteiger partial charge on any atom is -0.299 e. The van der Waals surface area contributed by atoms with Crippen LogP contribution in [-0.2, 0) is 4.79 Å². The topological polar surface area (TPSA) is 17.1 Å². The third kappa shape index (κ3) is 1.62. The normalized spacial score (nSPS) is 35.8. The number of rotatable bonds is 0. The second-order valence-electron chi connectivity index (χ2n) is 7.14. The van der Waals surface area contributed by atoms with Gasteiger partial charge in [-0.25, -0.2) is 0 Å². The molecule has 2 unspecified atom stereocenters. The first-order chi connectivity index (χ1) is 7.70. The third-order valence-electron chi connectivity index (χ3n) is 5.89. The van der Waals surface area contributed by atoms with Gasteiger partial charge in [0.1, 0.15) is 5.78 Å². The van der Waals surface area contributed by atoms with Crippen LogP contribution < -0.4 is 0 Å². The molecular formula is C16H26O. The van der Waals surface area contributed by atoms with Crippen molar-refractivity contribution in [3.8, 4) is 0 Å². The Labute approximate surface area is 106 Å². The highest BCUT2D eigenvalue weighted by molar-refractivity contribution is 5.84. The van der Waals surface area contributed by atoms with Gasteiger partial charge < -0.3 is 0 Å². The predicted octanol–water partition coefficient (Wildman–Crippen LogP) is 4.37. The van der Waals surface area contributed by atoms with Gasteiger partial charge in [0.05, 0.1) is 0 Å². The molecule has 2 rings (SSSR count). The molecule has 0 N–H and O–H groups in total. The maximum Gasteiger partial charge on any atom is 0.137 e. The number of allylic oxidation sites excluding steroid dienone is 2. The summed E-state index contributed by atoms with van der Waals surface area (Å²) in [6, 6.07) is 0. The van der Waals surface area contributed by atoms with Crippen molar-refractivity contribution >= 4 is 5.78 Å². The average molecular weight is 234 g/mol. The molecule has 0 radical (unpaired) electrons. The van der Waals surface area contributed by atoms with Gasteiger partial charge in [-0.3, -0.25) is 4.79 Å². The molecule has 96 valence electrons. The Morgan fingerprint density at radius 3 is 2.12 bits per heavy atom. The van der Waals surface area contributed by atoms with Gasteiger partial charge in [-0.1, -0.05) is 38.8 Å². The van der Waals surface area contributed by atoms with E-state index in [2.05, 4.69) is 41.5 Å². The minimum atomic E-state index is 0.0573.